The van der Waals surface area contributed by atoms with Gasteiger partial charge in [-0.05, 0) is 58.5 Å². The Morgan fingerprint density at radius 3 is 2.00 bits per heavy atom. The van der Waals surface area contributed by atoms with Gasteiger partial charge in [0.05, 0.1) is 5.92 Å². The fraction of sp³-hybridized carbons (Fsp3) is 0.929. The van der Waals surface area contributed by atoms with Crippen LogP contribution < -0.4 is 0 Å². The average molecular weight is 305 g/mol. The predicted molar refractivity (Wildman–Crippen MR) is 86.4 cm³/mol. The maximum absolute atomic E-state index is 12.1. The molecule has 0 rings (SSSR count). The Balaban J connectivity index is 4.15. The molecule has 0 aliphatic carbocycles. The van der Waals surface area contributed by atoms with Crippen LogP contribution in [0.2, 0.25) is 39.3 Å². The summed E-state index contributed by atoms with van der Waals surface area (Å²) in [6, 6.07) is 0. The van der Waals surface area contributed by atoms with E-state index >= 15 is 0 Å². The highest BCUT2D eigenvalue weighted by molar-refractivity contribution is 6.71. The van der Waals surface area contributed by atoms with Gasteiger partial charge in [-0.25, -0.2) is 0 Å². The van der Waals surface area contributed by atoms with Crippen molar-refractivity contribution in [3.63, 3.8) is 0 Å². The molecule has 3 nitrogen and oxygen atoms in total. The molecule has 0 saturated carbocycles. The fourth-order valence-electron chi connectivity index (χ4n) is 1.82. The second kappa shape index (κ2) is 8.22. The van der Waals surface area contributed by atoms with Gasteiger partial charge in [0.1, 0.15) is 0 Å². The molecule has 1 atom stereocenters. The molecule has 19 heavy (non-hydrogen) atoms. The van der Waals surface area contributed by atoms with Gasteiger partial charge < -0.3 is 8.85 Å². The minimum Gasteiger partial charge on any atom is -0.520 e. The molecule has 0 aliphatic heterocycles. The monoisotopic (exact) mass is 304 g/mol. The summed E-state index contributed by atoms with van der Waals surface area (Å²) in [7, 11) is -3.19. The van der Waals surface area contributed by atoms with Crippen LogP contribution in [0.25, 0.3) is 0 Å². The van der Waals surface area contributed by atoms with Crippen molar-refractivity contribution in [1.82, 2.24) is 0 Å². The van der Waals surface area contributed by atoms with Crippen molar-refractivity contribution in [2.75, 3.05) is 6.61 Å². The molecule has 0 aromatic carbocycles. The van der Waals surface area contributed by atoms with E-state index in [1.54, 1.807) is 0 Å². The fourth-order valence-corrected chi connectivity index (χ4v) is 3.35. The van der Waals surface area contributed by atoms with Crippen LogP contribution in [0.3, 0.4) is 0 Å². The normalized spacial score (nSPS) is 14.3. The summed E-state index contributed by atoms with van der Waals surface area (Å²) in [4.78, 5) is 12.1. The lowest BCUT2D eigenvalue weighted by Crippen LogP contribution is -2.33. The molecule has 5 heteroatoms. The summed E-state index contributed by atoms with van der Waals surface area (Å²) in [5.74, 6) is 0.0657. The summed E-state index contributed by atoms with van der Waals surface area (Å²) in [5.41, 5.74) is 0. The van der Waals surface area contributed by atoms with Gasteiger partial charge in [-0.1, -0.05) is 13.3 Å². The molecule has 0 bridgehead atoms. The van der Waals surface area contributed by atoms with Crippen LogP contribution in [0.5, 0.6) is 0 Å². The van der Waals surface area contributed by atoms with E-state index in [4.69, 9.17) is 8.85 Å². The molecule has 0 aliphatic rings. The van der Waals surface area contributed by atoms with Crippen molar-refractivity contribution in [3.8, 4) is 0 Å². The van der Waals surface area contributed by atoms with E-state index in [0.29, 0.717) is 0 Å². The van der Waals surface area contributed by atoms with E-state index in [1.165, 1.54) is 0 Å². The predicted octanol–water partition coefficient (Wildman–Crippen LogP) is 4.41. The summed E-state index contributed by atoms with van der Waals surface area (Å²) in [6.45, 7) is 15.6. The number of carbonyl (C=O) groups is 1. The molecule has 0 spiro atoms. The molecule has 0 N–H and O–H groups in total. The van der Waals surface area contributed by atoms with Gasteiger partial charge in [0, 0.05) is 6.61 Å². The van der Waals surface area contributed by atoms with E-state index in [-0.39, 0.29) is 11.9 Å². The first-order valence-corrected chi connectivity index (χ1v) is 14.2. The first-order chi connectivity index (χ1) is 8.55. The lowest BCUT2D eigenvalue weighted by molar-refractivity contribution is -0.140. The zero-order chi connectivity index (χ0) is 15.1. The van der Waals surface area contributed by atoms with Crippen LogP contribution in [0.4, 0.5) is 0 Å². The Bertz CT molecular complexity index is 267. The molecular formula is C14H32O3Si2. The highest BCUT2D eigenvalue weighted by atomic mass is 28.4. The van der Waals surface area contributed by atoms with Crippen molar-refractivity contribution in [2.24, 2.45) is 5.92 Å². The van der Waals surface area contributed by atoms with Crippen molar-refractivity contribution in [3.05, 3.63) is 0 Å². The molecule has 0 aromatic rings. The van der Waals surface area contributed by atoms with Crippen LogP contribution in [0, 0.1) is 5.92 Å². The van der Waals surface area contributed by atoms with Crippen LogP contribution in [0.1, 0.15) is 32.6 Å². The Morgan fingerprint density at radius 1 is 1.00 bits per heavy atom. The number of rotatable bonds is 9. The first kappa shape index (κ1) is 18.9. The number of carbonyl (C=O) groups excluding carboxylic acids is 1. The lowest BCUT2D eigenvalue weighted by atomic mass is 9.98. The van der Waals surface area contributed by atoms with Gasteiger partial charge in [0.2, 0.25) is 8.32 Å². The molecule has 1 unspecified atom stereocenters. The van der Waals surface area contributed by atoms with Gasteiger partial charge in [0.25, 0.3) is 5.97 Å². The van der Waals surface area contributed by atoms with E-state index in [9.17, 15) is 4.79 Å². The SMILES string of the molecule is CCCC(CCCO[Si](C)(C)C)C(=O)O[Si](C)(C)C. The van der Waals surface area contributed by atoms with E-state index in [0.717, 1.165) is 32.3 Å². The zero-order valence-corrected chi connectivity index (χ0v) is 15.8. The van der Waals surface area contributed by atoms with Crippen molar-refractivity contribution in [1.29, 1.82) is 0 Å². The molecule has 0 fully saturated rings. The van der Waals surface area contributed by atoms with E-state index in [2.05, 4.69) is 46.2 Å². The topological polar surface area (TPSA) is 35.5 Å². The van der Waals surface area contributed by atoms with Gasteiger partial charge >= 0.3 is 0 Å². The maximum atomic E-state index is 12.1. The average Bonchev–Trinajstić information content (AvgIpc) is 2.18. The quantitative estimate of drug-likeness (QED) is 0.467. The second-order valence-corrected chi connectivity index (χ2v) is 16.1. The largest absolute Gasteiger partial charge is 0.520 e. The van der Waals surface area contributed by atoms with Crippen molar-refractivity contribution >= 4 is 22.6 Å². The minimum absolute atomic E-state index is 0.00835. The maximum Gasteiger partial charge on any atom is 0.295 e. The van der Waals surface area contributed by atoms with E-state index < -0.39 is 16.6 Å². The minimum atomic E-state index is -1.76. The molecule has 0 amide bonds. The van der Waals surface area contributed by atoms with Crippen molar-refractivity contribution in [2.45, 2.75) is 71.9 Å². The third-order valence-corrected chi connectivity index (χ3v) is 4.49. The summed E-state index contributed by atoms with van der Waals surface area (Å²) < 4.78 is 11.5. The summed E-state index contributed by atoms with van der Waals surface area (Å²) in [5, 5.41) is 0. The van der Waals surface area contributed by atoms with Gasteiger partial charge in [-0.3, -0.25) is 4.79 Å². The Labute approximate surface area is 121 Å². The molecule has 0 saturated heterocycles. The summed E-state index contributed by atoms with van der Waals surface area (Å²) in [6.07, 6.45) is 3.80. The Morgan fingerprint density at radius 2 is 1.58 bits per heavy atom. The smallest absolute Gasteiger partial charge is 0.295 e. The number of hydrogen-bond acceptors (Lipinski definition) is 3. The number of hydrogen-bond donors (Lipinski definition) is 0. The standard InChI is InChI=1S/C14H32O3Si2/c1-8-10-13(14(15)17-19(5,6)7)11-9-12-16-18(2,3)4/h13H,8-12H2,1-7H3. The van der Waals surface area contributed by atoms with Crippen LogP contribution in [0.15, 0.2) is 0 Å². The van der Waals surface area contributed by atoms with Gasteiger partial charge in [-0.2, -0.15) is 0 Å². The van der Waals surface area contributed by atoms with Crippen LogP contribution >= 0.6 is 0 Å². The molecular weight excluding hydrogens is 272 g/mol. The highest BCUT2D eigenvalue weighted by Crippen LogP contribution is 2.19. The Hall–Kier alpha value is -0.136. The van der Waals surface area contributed by atoms with Crippen molar-refractivity contribution < 1.29 is 13.6 Å². The lowest BCUT2D eigenvalue weighted by Gasteiger charge is -2.23. The first-order valence-electron chi connectivity index (χ1n) is 7.42. The van der Waals surface area contributed by atoms with Crippen LogP contribution in [-0.2, 0) is 13.6 Å². The zero-order valence-electron chi connectivity index (χ0n) is 13.8. The second-order valence-electron chi connectivity index (χ2n) is 7.12. The highest BCUT2D eigenvalue weighted by Gasteiger charge is 2.26. The molecule has 0 heterocycles. The molecule has 114 valence electrons. The Kier molecular flexibility index (Phi) is 8.16. The van der Waals surface area contributed by atoms with E-state index in [1.807, 2.05) is 0 Å². The van der Waals surface area contributed by atoms with Crippen LogP contribution in [-0.4, -0.2) is 29.2 Å². The third-order valence-electron chi connectivity index (χ3n) is 2.61. The molecule has 0 aromatic heterocycles. The van der Waals surface area contributed by atoms with Gasteiger partial charge in [-0.15, -0.1) is 0 Å². The van der Waals surface area contributed by atoms with Gasteiger partial charge in [0.15, 0.2) is 8.32 Å². The third kappa shape index (κ3) is 11.4. The molecule has 0 radical (unpaired) electrons. The summed E-state index contributed by atoms with van der Waals surface area (Å²) >= 11 is 0.